The van der Waals surface area contributed by atoms with E-state index in [4.69, 9.17) is 10.8 Å². The van der Waals surface area contributed by atoms with Crippen molar-refractivity contribution in [1.29, 1.82) is 0 Å². The Kier molecular flexibility index (Phi) is 4.19. The summed E-state index contributed by atoms with van der Waals surface area (Å²) in [5.74, 6) is 0.528. The Labute approximate surface area is 61.8 Å². The van der Waals surface area contributed by atoms with Crippen molar-refractivity contribution in [2.75, 3.05) is 6.54 Å². The van der Waals surface area contributed by atoms with E-state index < -0.39 is 0 Å². The van der Waals surface area contributed by atoms with Crippen LogP contribution in [0, 0.1) is 5.92 Å². The van der Waals surface area contributed by atoms with Crippen LogP contribution < -0.4 is 5.73 Å². The van der Waals surface area contributed by atoms with E-state index in [2.05, 4.69) is 0 Å². The fourth-order valence-electron chi connectivity index (χ4n) is 1.02. The van der Waals surface area contributed by atoms with E-state index >= 15 is 0 Å². The molecule has 0 amide bonds. The molecule has 1 aliphatic carbocycles. The third-order valence-corrected chi connectivity index (χ3v) is 1.94. The smallest absolute Gasteiger partial charge is 0.0690 e. The number of hydrogen-bond donors (Lipinski definition) is 2. The van der Waals surface area contributed by atoms with Gasteiger partial charge in [0.15, 0.2) is 0 Å². The highest BCUT2D eigenvalue weighted by atomic mass is 35.5. The van der Waals surface area contributed by atoms with Gasteiger partial charge in [-0.1, -0.05) is 6.42 Å². The lowest BCUT2D eigenvalue weighted by atomic mass is 9.81. The predicted molar refractivity (Wildman–Crippen MR) is 39.7 cm³/mol. The zero-order valence-electron chi connectivity index (χ0n) is 5.42. The Balaban J connectivity index is 0.000000640. The third kappa shape index (κ3) is 2.12. The van der Waals surface area contributed by atoms with E-state index in [9.17, 15) is 0 Å². The van der Waals surface area contributed by atoms with Gasteiger partial charge in [-0.05, 0) is 18.8 Å². The first-order valence-electron chi connectivity index (χ1n) is 3.22. The minimum atomic E-state index is -0.219. The van der Waals surface area contributed by atoms with E-state index in [0.717, 1.165) is 0 Å². The van der Waals surface area contributed by atoms with E-state index in [1.165, 1.54) is 19.3 Å². The largest absolute Gasteiger partial charge is 0.392 e. The predicted octanol–water partition coefficient (Wildman–Crippen LogP) is 0.528. The standard InChI is InChI=1S/C6H13NO.ClH/c7-4-6(8)5-2-1-3-5;/h5-6,8H,1-4,7H2;1H. The molecule has 1 aliphatic rings. The van der Waals surface area contributed by atoms with Gasteiger partial charge in [0.05, 0.1) is 6.10 Å². The van der Waals surface area contributed by atoms with E-state index in [0.29, 0.717) is 12.5 Å². The number of aliphatic hydroxyl groups is 1. The van der Waals surface area contributed by atoms with Crippen LogP contribution in [0.4, 0.5) is 0 Å². The summed E-state index contributed by atoms with van der Waals surface area (Å²) >= 11 is 0. The first-order valence-corrected chi connectivity index (χ1v) is 3.22. The maximum atomic E-state index is 9.05. The van der Waals surface area contributed by atoms with Crippen molar-refractivity contribution < 1.29 is 5.11 Å². The maximum Gasteiger partial charge on any atom is 0.0690 e. The van der Waals surface area contributed by atoms with Gasteiger partial charge >= 0.3 is 0 Å². The molecule has 0 saturated heterocycles. The minimum Gasteiger partial charge on any atom is -0.392 e. The Hall–Kier alpha value is 0.210. The lowest BCUT2D eigenvalue weighted by Gasteiger charge is -2.29. The van der Waals surface area contributed by atoms with Gasteiger partial charge in [0, 0.05) is 6.54 Å². The SMILES string of the molecule is Cl.NCC(O)C1CCC1. The number of hydrogen-bond acceptors (Lipinski definition) is 2. The average Bonchev–Trinajstić information content (AvgIpc) is 1.62. The van der Waals surface area contributed by atoms with Crippen molar-refractivity contribution in [3.05, 3.63) is 0 Å². The van der Waals surface area contributed by atoms with Crippen LogP contribution in [0.1, 0.15) is 19.3 Å². The Morgan fingerprint density at radius 1 is 1.56 bits per heavy atom. The van der Waals surface area contributed by atoms with Gasteiger partial charge in [-0.25, -0.2) is 0 Å². The van der Waals surface area contributed by atoms with Crippen molar-refractivity contribution in [2.24, 2.45) is 11.7 Å². The molecule has 1 fully saturated rings. The van der Waals surface area contributed by atoms with Gasteiger partial charge < -0.3 is 10.8 Å². The lowest BCUT2D eigenvalue weighted by Crippen LogP contribution is -2.32. The quantitative estimate of drug-likeness (QED) is 0.605. The molecule has 2 nitrogen and oxygen atoms in total. The van der Waals surface area contributed by atoms with Crippen LogP contribution in [0.2, 0.25) is 0 Å². The molecule has 0 radical (unpaired) electrons. The van der Waals surface area contributed by atoms with Crippen LogP contribution >= 0.6 is 12.4 Å². The molecule has 9 heavy (non-hydrogen) atoms. The molecule has 0 aromatic carbocycles. The summed E-state index contributed by atoms with van der Waals surface area (Å²) in [6.45, 7) is 0.435. The van der Waals surface area contributed by atoms with Crippen molar-refractivity contribution in [1.82, 2.24) is 0 Å². The molecule has 0 aromatic rings. The Morgan fingerprint density at radius 2 is 2.11 bits per heavy atom. The molecule has 1 rings (SSSR count). The molecular weight excluding hydrogens is 138 g/mol. The molecular formula is C6H14ClNO. The van der Waals surface area contributed by atoms with Crippen LogP contribution in [-0.4, -0.2) is 17.8 Å². The highest BCUT2D eigenvalue weighted by Crippen LogP contribution is 2.28. The van der Waals surface area contributed by atoms with Crippen LogP contribution in [0.5, 0.6) is 0 Å². The van der Waals surface area contributed by atoms with Gasteiger partial charge in [0.2, 0.25) is 0 Å². The second-order valence-corrected chi connectivity index (χ2v) is 2.49. The topological polar surface area (TPSA) is 46.2 Å². The maximum absolute atomic E-state index is 9.05. The summed E-state index contributed by atoms with van der Waals surface area (Å²) in [4.78, 5) is 0. The summed E-state index contributed by atoms with van der Waals surface area (Å²) in [7, 11) is 0. The average molecular weight is 152 g/mol. The number of rotatable bonds is 2. The van der Waals surface area contributed by atoms with E-state index in [1.54, 1.807) is 0 Å². The summed E-state index contributed by atoms with van der Waals surface area (Å²) < 4.78 is 0. The molecule has 0 aromatic heterocycles. The molecule has 56 valence electrons. The molecule has 3 N–H and O–H groups in total. The lowest BCUT2D eigenvalue weighted by molar-refractivity contribution is 0.0696. The van der Waals surface area contributed by atoms with Gasteiger partial charge in [-0.15, -0.1) is 12.4 Å². The molecule has 0 spiro atoms. The molecule has 1 atom stereocenters. The molecule has 3 heteroatoms. The Morgan fingerprint density at radius 3 is 2.22 bits per heavy atom. The zero-order chi connectivity index (χ0) is 5.98. The molecule has 0 aliphatic heterocycles. The number of aliphatic hydroxyl groups excluding tert-OH is 1. The second kappa shape index (κ2) is 4.09. The summed E-state index contributed by atoms with van der Waals surface area (Å²) in [5, 5.41) is 9.05. The third-order valence-electron chi connectivity index (χ3n) is 1.94. The first kappa shape index (κ1) is 9.21. The van der Waals surface area contributed by atoms with Gasteiger partial charge in [-0.3, -0.25) is 0 Å². The van der Waals surface area contributed by atoms with Gasteiger partial charge in [0.1, 0.15) is 0 Å². The summed E-state index contributed by atoms with van der Waals surface area (Å²) in [5.41, 5.74) is 5.23. The molecule has 0 bridgehead atoms. The van der Waals surface area contributed by atoms with E-state index in [-0.39, 0.29) is 18.5 Å². The normalized spacial score (nSPS) is 22.0. The number of nitrogens with two attached hydrogens (primary N) is 1. The highest BCUT2D eigenvalue weighted by Gasteiger charge is 2.23. The highest BCUT2D eigenvalue weighted by molar-refractivity contribution is 5.85. The second-order valence-electron chi connectivity index (χ2n) is 2.49. The van der Waals surface area contributed by atoms with Gasteiger partial charge in [0.25, 0.3) is 0 Å². The van der Waals surface area contributed by atoms with Crippen LogP contribution in [0.3, 0.4) is 0 Å². The Bertz CT molecular complexity index is 72.7. The van der Waals surface area contributed by atoms with Crippen molar-refractivity contribution in [3.8, 4) is 0 Å². The summed E-state index contributed by atoms with van der Waals surface area (Å²) in [6.07, 6.45) is 3.42. The zero-order valence-corrected chi connectivity index (χ0v) is 6.23. The monoisotopic (exact) mass is 151 g/mol. The van der Waals surface area contributed by atoms with Gasteiger partial charge in [-0.2, -0.15) is 0 Å². The van der Waals surface area contributed by atoms with Crippen molar-refractivity contribution in [3.63, 3.8) is 0 Å². The number of halogens is 1. The molecule has 1 unspecified atom stereocenters. The van der Waals surface area contributed by atoms with Crippen molar-refractivity contribution >= 4 is 12.4 Å². The van der Waals surface area contributed by atoms with Crippen molar-refractivity contribution in [2.45, 2.75) is 25.4 Å². The van der Waals surface area contributed by atoms with Crippen LogP contribution in [0.25, 0.3) is 0 Å². The van der Waals surface area contributed by atoms with E-state index in [1.807, 2.05) is 0 Å². The molecule has 0 heterocycles. The fraction of sp³-hybridized carbons (Fsp3) is 1.00. The summed E-state index contributed by atoms with van der Waals surface area (Å²) in [6, 6.07) is 0. The first-order chi connectivity index (χ1) is 3.84. The van der Waals surface area contributed by atoms with Crippen LogP contribution in [0.15, 0.2) is 0 Å². The van der Waals surface area contributed by atoms with Crippen LogP contribution in [-0.2, 0) is 0 Å². The minimum absolute atomic E-state index is 0. The molecule has 1 saturated carbocycles. The fourth-order valence-corrected chi connectivity index (χ4v) is 1.02.